The number of anilines is 1. The van der Waals surface area contributed by atoms with Gasteiger partial charge in [-0.3, -0.25) is 9.29 Å². The van der Waals surface area contributed by atoms with Crippen LogP contribution in [0.5, 0.6) is 5.75 Å². The van der Waals surface area contributed by atoms with E-state index in [-0.39, 0.29) is 4.90 Å². The third-order valence-electron chi connectivity index (χ3n) is 3.45. The second-order valence-electron chi connectivity index (χ2n) is 5.11. The predicted octanol–water partition coefficient (Wildman–Crippen LogP) is 2.39. The van der Waals surface area contributed by atoms with E-state index < -0.39 is 10.0 Å². The number of hydrogen-bond donors (Lipinski definition) is 1. The van der Waals surface area contributed by atoms with Crippen LogP contribution in [0.15, 0.2) is 60.1 Å². The van der Waals surface area contributed by atoms with Gasteiger partial charge in [0.1, 0.15) is 17.9 Å². The number of sulfonamides is 1. The standard InChI is InChI=1S/C16H16N4O3S/c1-12-9-14(4-5-15(12)23-2)24(21,22)19-13-3-6-16(18-10-13)20-8-7-17-11-20/h3-11,19H,1-2H3. The number of imidazole rings is 1. The lowest BCUT2D eigenvalue weighted by molar-refractivity contribution is 0.411. The fourth-order valence-electron chi connectivity index (χ4n) is 2.23. The molecule has 3 aromatic rings. The monoisotopic (exact) mass is 344 g/mol. The van der Waals surface area contributed by atoms with Crippen molar-refractivity contribution in [2.75, 3.05) is 11.8 Å². The molecule has 0 spiro atoms. The maximum absolute atomic E-state index is 12.5. The summed E-state index contributed by atoms with van der Waals surface area (Å²) in [5, 5.41) is 0. The third kappa shape index (κ3) is 3.23. The van der Waals surface area contributed by atoms with E-state index in [1.807, 2.05) is 0 Å². The summed E-state index contributed by atoms with van der Waals surface area (Å²) in [6.45, 7) is 1.79. The first-order chi connectivity index (χ1) is 11.5. The number of hydrogen-bond acceptors (Lipinski definition) is 5. The lowest BCUT2D eigenvalue weighted by atomic mass is 10.2. The first-order valence-electron chi connectivity index (χ1n) is 7.11. The highest BCUT2D eigenvalue weighted by molar-refractivity contribution is 7.92. The number of aryl methyl sites for hydroxylation is 1. The van der Waals surface area contributed by atoms with Crippen molar-refractivity contribution in [3.05, 3.63) is 60.8 Å². The number of methoxy groups -OCH3 is 1. The maximum Gasteiger partial charge on any atom is 0.261 e. The zero-order valence-corrected chi connectivity index (χ0v) is 14.0. The van der Waals surface area contributed by atoms with Crippen molar-refractivity contribution < 1.29 is 13.2 Å². The van der Waals surface area contributed by atoms with E-state index in [0.29, 0.717) is 17.3 Å². The van der Waals surface area contributed by atoms with E-state index in [4.69, 9.17) is 4.74 Å². The van der Waals surface area contributed by atoms with E-state index in [9.17, 15) is 8.42 Å². The molecule has 0 bridgehead atoms. The smallest absolute Gasteiger partial charge is 0.261 e. The first kappa shape index (κ1) is 16.0. The molecule has 0 unspecified atom stereocenters. The van der Waals surface area contributed by atoms with Gasteiger partial charge in [-0.25, -0.2) is 18.4 Å². The molecule has 0 aliphatic rings. The molecule has 1 N–H and O–H groups in total. The molecule has 0 atom stereocenters. The molecule has 3 rings (SSSR count). The summed E-state index contributed by atoms with van der Waals surface area (Å²) in [7, 11) is -2.15. The van der Waals surface area contributed by atoms with Crippen molar-refractivity contribution in [1.29, 1.82) is 0 Å². The number of nitrogens with one attached hydrogen (secondary N) is 1. The second kappa shape index (κ2) is 6.32. The molecule has 8 heteroatoms. The van der Waals surface area contributed by atoms with Gasteiger partial charge in [0.2, 0.25) is 0 Å². The molecular formula is C16H16N4O3S. The Bertz CT molecular complexity index is 936. The minimum atomic E-state index is -3.69. The Hall–Kier alpha value is -2.87. The van der Waals surface area contributed by atoms with Gasteiger partial charge in [-0.1, -0.05) is 0 Å². The highest BCUT2D eigenvalue weighted by atomic mass is 32.2. The lowest BCUT2D eigenvalue weighted by Gasteiger charge is -2.11. The molecule has 0 amide bonds. The highest BCUT2D eigenvalue weighted by Gasteiger charge is 2.16. The quantitative estimate of drug-likeness (QED) is 0.768. The molecule has 1 aromatic carbocycles. The molecule has 0 saturated carbocycles. The van der Waals surface area contributed by atoms with Crippen LogP contribution in [0.4, 0.5) is 5.69 Å². The second-order valence-corrected chi connectivity index (χ2v) is 6.79. The SMILES string of the molecule is COc1ccc(S(=O)(=O)Nc2ccc(-n3ccnc3)nc2)cc1C. The number of nitrogens with zero attached hydrogens (tertiary/aromatic N) is 3. The predicted molar refractivity (Wildman–Crippen MR) is 89.9 cm³/mol. The Balaban J connectivity index is 1.83. The third-order valence-corrected chi connectivity index (χ3v) is 4.82. The van der Waals surface area contributed by atoms with Crippen molar-refractivity contribution in [2.24, 2.45) is 0 Å². The molecular weight excluding hydrogens is 328 g/mol. The van der Waals surface area contributed by atoms with Crippen LogP contribution in [0.2, 0.25) is 0 Å². The fraction of sp³-hybridized carbons (Fsp3) is 0.125. The summed E-state index contributed by atoms with van der Waals surface area (Å²) in [5.74, 6) is 1.29. The van der Waals surface area contributed by atoms with E-state index in [1.54, 1.807) is 61.6 Å². The number of pyridine rings is 1. The van der Waals surface area contributed by atoms with Crippen LogP contribution in [-0.4, -0.2) is 30.1 Å². The summed E-state index contributed by atoms with van der Waals surface area (Å²) in [4.78, 5) is 8.33. The molecule has 2 heterocycles. The normalized spacial score (nSPS) is 11.2. The van der Waals surface area contributed by atoms with Crippen LogP contribution in [0, 0.1) is 6.92 Å². The summed E-state index contributed by atoms with van der Waals surface area (Å²) >= 11 is 0. The van der Waals surface area contributed by atoms with Crippen LogP contribution in [0.25, 0.3) is 5.82 Å². The Kier molecular flexibility index (Phi) is 4.22. The molecule has 0 aliphatic carbocycles. The fourth-order valence-corrected chi connectivity index (χ4v) is 3.35. The lowest BCUT2D eigenvalue weighted by Crippen LogP contribution is -2.13. The van der Waals surface area contributed by atoms with Gasteiger partial charge in [0.25, 0.3) is 10.0 Å². The van der Waals surface area contributed by atoms with E-state index in [1.165, 1.54) is 12.3 Å². The summed E-state index contributed by atoms with van der Waals surface area (Å²) in [6.07, 6.45) is 6.48. The van der Waals surface area contributed by atoms with Gasteiger partial charge < -0.3 is 4.74 Å². The zero-order chi connectivity index (χ0) is 17.2. The van der Waals surface area contributed by atoms with Crippen molar-refractivity contribution in [2.45, 2.75) is 11.8 Å². The molecule has 0 fully saturated rings. The van der Waals surface area contributed by atoms with E-state index in [0.717, 1.165) is 5.56 Å². The highest BCUT2D eigenvalue weighted by Crippen LogP contribution is 2.23. The average molecular weight is 344 g/mol. The van der Waals surface area contributed by atoms with Crippen molar-refractivity contribution in [3.8, 4) is 11.6 Å². The molecule has 2 aromatic heterocycles. The minimum absolute atomic E-state index is 0.166. The number of benzene rings is 1. The van der Waals surface area contributed by atoms with Crippen LogP contribution < -0.4 is 9.46 Å². The van der Waals surface area contributed by atoms with Gasteiger partial charge in [0, 0.05) is 12.4 Å². The Morgan fingerprint density at radius 1 is 1.21 bits per heavy atom. The molecule has 0 radical (unpaired) electrons. The Morgan fingerprint density at radius 2 is 2.04 bits per heavy atom. The van der Waals surface area contributed by atoms with E-state index in [2.05, 4.69) is 14.7 Å². The molecule has 7 nitrogen and oxygen atoms in total. The summed E-state index contributed by atoms with van der Waals surface area (Å²) in [6, 6.07) is 8.05. The van der Waals surface area contributed by atoms with Gasteiger partial charge in [-0.15, -0.1) is 0 Å². The van der Waals surface area contributed by atoms with E-state index >= 15 is 0 Å². The number of aromatic nitrogens is 3. The van der Waals surface area contributed by atoms with Crippen LogP contribution in [0.1, 0.15) is 5.56 Å². The summed E-state index contributed by atoms with van der Waals surface area (Å²) in [5.41, 5.74) is 1.13. The van der Waals surface area contributed by atoms with Crippen LogP contribution in [-0.2, 0) is 10.0 Å². The number of rotatable bonds is 5. The molecule has 0 saturated heterocycles. The van der Waals surface area contributed by atoms with Gasteiger partial charge in [-0.2, -0.15) is 0 Å². The van der Waals surface area contributed by atoms with Gasteiger partial charge >= 0.3 is 0 Å². The molecule has 124 valence electrons. The molecule has 24 heavy (non-hydrogen) atoms. The van der Waals surface area contributed by atoms with Crippen molar-refractivity contribution in [3.63, 3.8) is 0 Å². The topological polar surface area (TPSA) is 86.1 Å². The average Bonchev–Trinajstić information content (AvgIpc) is 3.09. The van der Waals surface area contributed by atoms with Crippen molar-refractivity contribution >= 4 is 15.7 Å². The first-order valence-corrected chi connectivity index (χ1v) is 8.60. The van der Waals surface area contributed by atoms with Crippen molar-refractivity contribution in [1.82, 2.24) is 14.5 Å². The Labute approximate surface area is 140 Å². The van der Waals surface area contributed by atoms with Gasteiger partial charge in [-0.05, 0) is 42.8 Å². The molecule has 0 aliphatic heterocycles. The Morgan fingerprint density at radius 3 is 2.62 bits per heavy atom. The van der Waals surface area contributed by atoms with Gasteiger partial charge in [0.15, 0.2) is 0 Å². The number of ether oxygens (including phenoxy) is 1. The largest absolute Gasteiger partial charge is 0.496 e. The van der Waals surface area contributed by atoms with Crippen LogP contribution >= 0.6 is 0 Å². The minimum Gasteiger partial charge on any atom is -0.496 e. The zero-order valence-electron chi connectivity index (χ0n) is 13.2. The maximum atomic E-state index is 12.5. The summed E-state index contributed by atoms with van der Waals surface area (Å²) < 4.78 is 34.3. The van der Waals surface area contributed by atoms with Gasteiger partial charge in [0.05, 0.1) is 23.9 Å². The van der Waals surface area contributed by atoms with Crippen LogP contribution in [0.3, 0.4) is 0 Å².